The topological polar surface area (TPSA) is 169 Å². The number of aliphatic hydroxyl groups is 6. The van der Waals surface area contributed by atoms with Crippen LogP contribution in [0.2, 0.25) is 0 Å². The summed E-state index contributed by atoms with van der Waals surface area (Å²) in [5, 5.41) is 65.3. The van der Waals surface area contributed by atoms with Crippen LogP contribution < -0.4 is 5.32 Å². The molecule has 2 unspecified atom stereocenters. The predicted molar refractivity (Wildman–Crippen MR) is 287 cm³/mol. The minimum absolute atomic E-state index is 0.251. The molecule has 1 fully saturated rings. The molecule has 1 aliphatic heterocycles. The molecule has 0 spiro atoms. The second-order valence-corrected chi connectivity index (χ2v) is 21.7. The second-order valence-electron chi connectivity index (χ2n) is 21.7. The van der Waals surface area contributed by atoms with Gasteiger partial charge in [0.1, 0.15) is 30.5 Å². The van der Waals surface area contributed by atoms with E-state index in [1.54, 1.807) is 0 Å². The fourth-order valence-electron chi connectivity index (χ4n) is 10.2. The fourth-order valence-corrected chi connectivity index (χ4v) is 10.2. The normalized spacial score (nSPS) is 19.8. The van der Waals surface area contributed by atoms with Crippen molar-refractivity contribution in [2.75, 3.05) is 13.2 Å². The fraction of sp³-hybridized carbons (Fsp3) is 0.983. The second kappa shape index (κ2) is 49.4. The zero-order valence-corrected chi connectivity index (χ0v) is 45.5. The highest BCUT2D eigenvalue weighted by Crippen LogP contribution is 2.24. The maximum atomic E-state index is 13.1. The summed E-state index contributed by atoms with van der Waals surface area (Å²) in [6.45, 7) is 3.63. The van der Waals surface area contributed by atoms with Crippen molar-refractivity contribution < 1.29 is 44.9 Å². The van der Waals surface area contributed by atoms with Gasteiger partial charge in [-0.15, -0.1) is 0 Å². The van der Waals surface area contributed by atoms with E-state index in [1.807, 2.05) is 0 Å². The van der Waals surface area contributed by atoms with Gasteiger partial charge in [-0.2, -0.15) is 0 Å². The minimum Gasteiger partial charge on any atom is -0.394 e. The van der Waals surface area contributed by atoms with E-state index in [9.17, 15) is 35.4 Å². The average Bonchev–Trinajstić information content (AvgIpc) is 3.35. The van der Waals surface area contributed by atoms with E-state index in [1.165, 1.54) is 238 Å². The molecule has 0 aromatic carbocycles. The van der Waals surface area contributed by atoms with Gasteiger partial charge in [0.2, 0.25) is 5.91 Å². The standard InChI is InChI=1S/C59H117NO9/c1-3-5-7-9-11-13-15-16-17-18-19-20-21-22-23-24-25-26-27-28-29-30-31-32-33-34-35-36-37-38-40-42-44-46-48-54(63)60-51(50-68-59-58(67)57(66)56(65)53(49-61)69-59)55(64)52(62)47-45-43-41-39-14-12-10-8-6-4-2/h51-53,55-59,61-62,64-67H,3-50H2,1-2H3,(H,60,63)/t51-,52+,53+,55-,56+,57?,58?,59+/m0/s1. The number of hydrogen-bond acceptors (Lipinski definition) is 9. The molecular weight excluding hydrogens is 867 g/mol. The molecule has 0 saturated carbocycles. The molecule has 1 saturated heterocycles. The van der Waals surface area contributed by atoms with Crippen molar-refractivity contribution in [2.45, 2.75) is 358 Å². The summed E-state index contributed by atoms with van der Waals surface area (Å²) in [5.41, 5.74) is 0. The number of rotatable bonds is 53. The highest BCUT2D eigenvalue weighted by molar-refractivity contribution is 5.76. The van der Waals surface area contributed by atoms with E-state index in [0.29, 0.717) is 6.42 Å². The van der Waals surface area contributed by atoms with Crippen LogP contribution in [0.3, 0.4) is 0 Å². The van der Waals surface area contributed by atoms with Crippen molar-refractivity contribution in [3.63, 3.8) is 0 Å². The molecule has 1 rings (SSSR count). The van der Waals surface area contributed by atoms with Crippen molar-refractivity contribution >= 4 is 5.91 Å². The van der Waals surface area contributed by atoms with Gasteiger partial charge >= 0.3 is 0 Å². The van der Waals surface area contributed by atoms with Gasteiger partial charge < -0.3 is 45.4 Å². The van der Waals surface area contributed by atoms with E-state index < -0.39 is 55.6 Å². The van der Waals surface area contributed by atoms with Crippen molar-refractivity contribution in [1.82, 2.24) is 5.32 Å². The lowest BCUT2D eigenvalue weighted by Crippen LogP contribution is -2.60. The third kappa shape index (κ3) is 38.4. The van der Waals surface area contributed by atoms with Gasteiger partial charge in [-0.1, -0.05) is 290 Å². The predicted octanol–water partition coefficient (Wildman–Crippen LogP) is 14.0. The van der Waals surface area contributed by atoms with E-state index in [4.69, 9.17) is 9.47 Å². The van der Waals surface area contributed by atoms with Crippen LogP contribution in [0.5, 0.6) is 0 Å². The molecule has 1 heterocycles. The van der Waals surface area contributed by atoms with E-state index in [2.05, 4.69) is 19.2 Å². The first-order valence-corrected chi connectivity index (χ1v) is 30.3. The largest absolute Gasteiger partial charge is 0.394 e. The molecule has 0 radical (unpaired) electrons. The van der Waals surface area contributed by atoms with Crippen molar-refractivity contribution in [2.24, 2.45) is 0 Å². The maximum Gasteiger partial charge on any atom is 0.220 e. The van der Waals surface area contributed by atoms with Crippen LogP contribution in [0.4, 0.5) is 0 Å². The first-order valence-electron chi connectivity index (χ1n) is 30.3. The van der Waals surface area contributed by atoms with Gasteiger partial charge in [-0.05, 0) is 12.8 Å². The number of amides is 1. The summed E-state index contributed by atoms with van der Waals surface area (Å²) in [4.78, 5) is 13.1. The number of aliphatic hydroxyl groups excluding tert-OH is 6. The Hall–Kier alpha value is -0.850. The Balaban J connectivity index is 2.07. The van der Waals surface area contributed by atoms with Crippen molar-refractivity contribution in [3.8, 4) is 0 Å². The molecule has 0 aliphatic carbocycles. The molecule has 1 aliphatic rings. The highest BCUT2D eigenvalue weighted by Gasteiger charge is 2.44. The van der Waals surface area contributed by atoms with Crippen LogP contribution in [0.1, 0.15) is 309 Å². The molecular formula is C59H117NO9. The zero-order valence-electron chi connectivity index (χ0n) is 45.5. The van der Waals surface area contributed by atoms with Crippen molar-refractivity contribution in [1.29, 1.82) is 0 Å². The molecule has 0 aromatic rings. The number of ether oxygens (including phenoxy) is 2. The third-order valence-electron chi connectivity index (χ3n) is 15.1. The maximum absolute atomic E-state index is 13.1. The monoisotopic (exact) mass is 984 g/mol. The smallest absolute Gasteiger partial charge is 0.220 e. The Morgan fingerprint density at radius 3 is 1.07 bits per heavy atom. The number of carbonyl (C=O) groups is 1. The SMILES string of the molecule is CCCCCCCCCCCCCCCCCCCCCCCCCCCCCCCCCCCCC(=O)N[C@@H](CO[C@@H]1O[C@H](CO)[C@@H](O)C(O)C1O)[C@H](O)[C@H](O)CCCCCCCCCCCC. The lowest BCUT2D eigenvalue weighted by Gasteiger charge is -2.40. The number of hydrogen-bond donors (Lipinski definition) is 7. The Kier molecular flexibility index (Phi) is 47.3. The Bertz CT molecular complexity index is 1070. The summed E-state index contributed by atoms with van der Waals surface area (Å²) in [6.07, 6.45) is 48.9. The molecule has 412 valence electrons. The lowest BCUT2D eigenvalue weighted by molar-refractivity contribution is -0.303. The van der Waals surface area contributed by atoms with E-state index >= 15 is 0 Å². The Morgan fingerprint density at radius 2 is 0.754 bits per heavy atom. The van der Waals surface area contributed by atoms with Crippen LogP contribution in [0.25, 0.3) is 0 Å². The van der Waals surface area contributed by atoms with Gasteiger partial charge in [0.25, 0.3) is 0 Å². The summed E-state index contributed by atoms with van der Waals surface area (Å²) in [5.74, 6) is -0.251. The molecule has 1 amide bonds. The summed E-state index contributed by atoms with van der Waals surface area (Å²) < 4.78 is 11.2. The molecule has 0 bridgehead atoms. The first kappa shape index (κ1) is 66.2. The van der Waals surface area contributed by atoms with Crippen LogP contribution in [0, 0.1) is 0 Å². The highest BCUT2D eigenvalue weighted by atomic mass is 16.7. The van der Waals surface area contributed by atoms with Crippen molar-refractivity contribution in [3.05, 3.63) is 0 Å². The molecule has 10 nitrogen and oxygen atoms in total. The van der Waals surface area contributed by atoms with E-state index in [0.717, 1.165) is 44.9 Å². The minimum atomic E-state index is -1.60. The van der Waals surface area contributed by atoms with Gasteiger partial charge in [-0.3, -0.25) is 4.79 Å². The number of nitrogens with one attached hydrogen (secondary N) is 1. The Morgan fingerprint density at radius 1 is 0.449 bits per heavy atom. The van der Waals surface area contributed by atoms with Crippen LogP contribution >= 0.6 is 0 Å². The first-order chi connectivity index (χ1) is 33.8. The third-order valence-corrected chi connectivity index (χ3v) is 15.1. The summed E-state index contributed by atoms with van der Waals surface area (Å²) in [7, 11) is 0. The molecule has 8 atom stereocenters. The van der Waals surface area contributed by atoms with E-state index in [-0.39, 0.29) is 18.9 Å². The van der Waals surface area contributed by atoms with Gasteiger partial charge in [0.15, 0.2) is 6.29 Å². The van der Waals surface area contributed by atoms with Crippen LogP contribution in [0.15, 0.2) is 0 Å². The van der Waals surface area contributed by atoms with Crippen LogP contribution in [-0.4, -0.2) is 98.7 Å². The molecule has 69 heavy (non-hydrogen) atoms. The molecule has 7 N–H and O–H groups in total. The molecule has 0 aromatic heterocycles. The lowest BCUT2D eigenvalue weighted by atomic mass is 9.98. The average molecular weight is 985 g/mol. The molecule has 10 heteroatoms. The number of unbranched alkanes of at least 4 members (excludes halogenated alkanes) is 42. The summed E-state index contributed by atoms with van der Waals surface area (Å²) >= 11 is 0. The van der Waals surface area contributed by atoms with Gasteiger partial charge in [0.05, 0.1) is 25.4 Å². The van der Waals surface area contributed by atoms with Gasteiger partial charge in [-0.25, -0.2) is 0 Å². The quantitative estimate of drug-likeness (QED) is 0.0293. The number of carbonyl (C=O) groups excluding carboxylic acids is 1. The summed E-state index contributed by atoms with van der Waals surface area (Å²) in [6, 6.07) is -0.985. The Labute approximate surface area is 426 Å². The van der Waals surface area contributed by atoms with Crippen LogP contribution in [-0.2, 0) is 14.3 Å². The zero-order chi connectivity index (χ0) is 50.3. The van der Waals surface area contributed by atoms with Gasteiger partial charge in [0, 0.05) is 6.42 Å².